The van der Waals surface area contributed by atoms with E-state index in [0.717, 1.165) is 5.56 Å². The lowest BCUT2D eigenvalue weighted by molar-refractivity contribution is -0.147. The molecule has 0 saturated carbocycles. The van der Waals surface area contributed by atoms with Crippen molar-refractivity contribution in [3.05, 3.63) is 59.5 Å². The number of carbonyl (C=O) groups excluding carboxylic acids is 2. The zero-order valence-corrected chi connectivity index (χ0v) is 13.8. The van der Waals surface area contributed by atoms with Crippen LogP contribution in [-0.4, -0.2) is 18.0 Å². The van der Waals surface area contributed by atoms with Crippen LogP contribution in [0.15, 0.2) is 47.1 Å². The molecule has 24 heavy (non-hydrogen) atoms. The van der Waals surface area contributed by atoms with E-state index in [2.05, 4.69) is 5.32 Å². The quantitative estimate of drug-likeness (QED) is 0.761. The Labute approximate surface area is 141 Å². The molecule has 0 bridgehead atoms. The van der Waals surface area contributed by atoms with Crippen molar-refractivity contribution in [2.45, 2.75) is 39.0 Å². The van der Waals surface area contributed by atoms with Gasteiger partial charge in [0.05, 0.1) is 30.7 Å². The van der Waals surface area contributed by atoms with E-state index in [-0.39, 0.29) is 30.9 Å². The number of furan rings is 1. The molecule has 6 nitrogen and oxygen atoms in total. The molecule has 0 fully saturated rings. The fraction of sp³-hybridized carbons (Fsp3) is 0.333. The molecule has 3 N–H and O–H groups in total. The van der Waals surface area contributed by atoms with E-state index in [1.807, 2.05) is 30.3 Å². The third-order valence-corrected chi connectivity index (χ3v) is 3.36. The van der Waals surface area contributed by atoms with Crippen LogP contribution in [0.1, 0.15) is 48.0 Å². The van der Waals surface area contributed by atoms with Crippen LogP contribution in [0.3, 0.4) is 0 Å². The molecular formula is C18H22N2O4. The lowest BCUT2D eigenvalue weighted by Gasteiger charge is -2.19. The zero-order valence-electron chi connectivity index (χ0n) is 13.8. The van der Waals surface area contributed by atoms with Crippen LogP contribution >= 0.6 is 0 Å². The number of benzene rings is 1. The SMILES string of the molecule is CC(C)OC(=O)CC(NC(=O)c1coc(CN)c1)c1ccccc1. The third-order valence-electron chi connectivity index (χ3n) is 3.36. The molecular weight excluding hydrogens is 308 g/mol. The van der Waals surface area contributed by atoms with Crippen LogP contribution in [0.25, 0.3) is 0 Å². The van der Waals surface area contributed by atoms with Crippen LogP contribution in [0.2, 0.25) is 0 Å². The van der Waals surface area contributed by atoms with Gasteiger partial charge < -0.3 is 20.2 Å². The molecule has 0 aliphatic carbocycles. The van der Waals surface area contributed by atoms with Gasteiger partial charge in [-0.1, -0.05) is 30.3 Å². The van der Waals surface area contributed by atoms with Gasteiger partial charge in [-0.3, -0.25) is 9.59 Å². The standard InChI is InChI=1S/C18H22N2O4/c1-12(2)24-17(21)9-16(13-6-4-3-5-7-13)20-18(22)14-8-15(10-19)23-11-14/h3-8,11-12,16H,9-10,19H2,1-2H3,(H,20,22). The van der Waals surface area contributed by atoms with Crippen molar-refractivity contribution in [1.82, 2.24) is 5.32 Å². The first-order valence-electron chi connectivity index (χ1n) is 7.82. The molecule has 0 saturated heterocycles. The van der Waals surface area contributed by atoms with Crippen LogP contribution in [0.5, 0.6) is 0 Å². The summed E-state index contributed by atoms with van der Waals surface area (Å²) in [7, 11) is 0. The third kappa shape index (κ3) is 4.96. The molecule has 1 aromatic carbocycles. The average Bonchev–Trinajstić information content (AvgIpc) is 3.03. The summed E-state index contributed by atoms with van der Waals surface area (Å²) >= 11 is 0. The summed E-state index contributed by atoms with van der Waals surface area (Å²) < 4.78 is 10.4. The van der Waals surface area contributed by atoms with Crippen LogP contribution < -0.4 is 11.1 Å². The Kier molecular flexibility index (Phi) is 6.14. The number of esters is 1. The van der Waals surface area contributed by atoms with Crippen LogP contribution in [0.4, 0.5) is 0 Å². The monoisotopic (exact) mass is 330 g/mol. The van der Waals surface area contributed by atoms with Gasteiger partial charge in [0.25, 0.3) is 5.91 Å². The number of ether oxygens (including phenoxy) is 1. The molecule has 0 aliphatic rings. The lowest BCUT2D eigenvalue weighted by atomic mass is 10.0. The Morgan fingerprint density at radius 1 is 1.25 bits per heavy atom. The summed E-state index contributed by atoms with van der Waals surface area (Å²) in [5.41, 5.74) is 6.68. The fourth-order valence-electron chi connectivity index (χ4n) is 2.26. The van der Waals surface area contributed by atoms with E-state index < -0.39 is 6.04 Å². The summed E-state index contributed by atoms with van der Waals surface area (Å²) in [6.45, 7) is 3.79. The summed E-state index contributed by atoms with van der Waals surface area (Å²) in [6.07, 6.45) is 1.20. The van der Waals surface area contributed by atoms with E-state index in [9.17, 15) is 9.59 Å². The highest BCUT2D eigenvalue weighted by Crippen LogP contribution is 2.19. The van der Waals surface area contributed by atoms with Gasteiger partial charge in [-0.05, 0) is 25.5 Å². The van der Waals surface area contributed by atoms with Crippen LogP contribution in [-0.2, 0) is 16.1 Å². The van der Waals surface area contributed by atoms with Crippen molar-refractivity contribution >= 4 is 11.9 Å². The summed E-state index contributed by atoms with van der Waals surface area (Å²) in [6, 6.07) is 10.4. The molecule has 0 radical (unpaired) electrons. The number of nitrogens with two attached hydrogens (primary N) is 1. The van der Waals surface area contributed by atoms with Gasteiger partial charge in [-0.15, -0.1) is 0 Å². The molecule has 2 aromatic rings. The smallest absolute Gasteiger partial charge is 0.308 e. The van der Waals surface area contributed by atoms with Gasteiger partial charge in [0.2, 0.25) is 0 Å². The van der Waals surface area contributed by atoms with E-state index in [1.54, 1.807) is 19.9 Å². The molecule has 1 amide bonds. The highest BCUT2D eigenvalue weighted by atomic mass is 16.5. The van der Waals surface area contributed by atoms with Gasteiger partial charge in [0.1, 0.15) is 12.0 Å². The van der Waals surface area contributed by atoms with E-state index in [4.69, 9.17) is 14.9 Å². The molecule has 128 valence electrons. The average molecular weight is 330 g/mol. The molecule has 1 heterocycles. The Morgan fingerprint density at radius 2 is 1.96 bits per heavy atom. The predicted molar refractivity (Wildman–Crippen MR) is 89.1 cm³/mol. The topological polar surface area (TPSA) is 94.6 Å². The second-order valence-electron chi connectivity index (χ2n) is 5.69. The maximum absolute atomic E-state index is 12.4. The predicted octanol–water partition coefficient (Wildman–Crippen LogP) is 2.55. The van der Waals surface area contributed by atoms with Gasteiger partial charge in [-0.25, -0.2) is 0 Å². The number of nitrogens with one attached hydrogen (secondary N) is 1. The van der Waals surface area contributed by atoms with E-state index >= 15 is 0 Å². The van der Waals surface area contributed by atoms with Gasteiger partial charge >= 0.3 is 5.97 Å². The second kappa shape index (κ2) is 8.31. The Bertz CT molecular complexity index is 679. The normalized spacial score (nSPS) is 12.0. The summed E-state index contributed by atoms with van der Waals surface area (Å²) in [5.74, 6) is -0.172. The van der Waals surface area contributed by atoms with Crippen molar-refractivity contribution in [2.24, 2.45) is 5.73 Å². The highest BCUT2D eigenvalue weighted by molar-refractivity contribution is 5.94. The number of hydrogen-bond acceptors (Lipinski definition) is 5. The first-order chi connectivity index (χ1) is 11.5. The number of hydrogen-bond donors (Lipinski definition) is 2. The first-order valence-corrected chi connectivity index (χ1v) is 7.82. The minimum Gasteiger partial charge on any atom is -0.467 e. The summed E-state index contributed by atoms with van der Waals surface area (Å²) in [4.78, 5) is 24.4. The molecule has 2 rings (SSSR count). The van der Waals surface area contributed by atoms with Crippen molar-refractivity contribution in [1.29, 1.82) is 0 Å². The molecule has 1 unspecified atom stereocenters. The number of rotatable bonds is 7. The fourth-order valence-corrected chi connectivity index (χ4v) is 2.26. The lowest BCUT2D eigenvalue weighted by Crippen LogP contribution is -2.30. The molecule has 1 atom stereocenters. The molecule has 1 aromatic heterocycles. The summed E-state index contributed by atoms with van der Waals surface area (Å²) in [5, 5.41) is 2.85. The van der Waals surface area contributed by atoms with Gasteiger partial charge in [0.15, 0.2) is 0 Å². The van der Waals surface area contributed by atoms with Gasteiger partial charge in [-0.2, -0.15) is 0 Å². The van der Waals surface area contributed by atoms with Crippen molar-refractivity contribution in [3.63, 3.8) is 0 Å². The highest BCUT2D eigenvalue weighted by Gasteiger charge is 2.21. The van der Waals surface area contributed by atoms with Crippen LogP contribution in [0, 0.1) is 0 Å². The molecule has 0 spiro atoms. The van der Waals surface area contributed by atoms with Crippen molar-refractivity contribution < 1.29 is 18.7 Å². The van der Waals surface area contributed by atoms with E-state index in [0.29, 0.717) is 11.3 Å². The Hall–Kier alpha value is -2.60. The maximum atomic E-state index is 12.4. The Balaban J connectivity index is 2.13. The largest absolute Gasteiger partial charge is 0.467 e. The number of carbonyl (C=O) groups is 2. The minimum atomic E-state index is -0.485. The molecule has 6 heteroatoms. The number of amides is 1. The Morgan fingerprint density at radius 3 is 2.54 bits per heavy atom. The molecule has 0 aliphatic heterocycles. The first kappa shape index (κ1) is 17.7. The zero-order chi connectivity index (χ0) is 17.5. The second-order valence-corrected chi connectivity index (χ2v) is 5.69. The van der Waals surface area contributed by atoms with Crippen molar-refractivity contribution in [3.8, 4) is 0 Å². The van der Waals surface area contributed by atoms with E-state index in [1.165, 1.54) is 6.26 Å². The maximum Gasteiger partial charge on any atom is 0.308 e. The van der Waals surface area contributed by atoms with Gasteiger partial charge in [0, 0.05) is 0 Å². The van der Waals surface area contributed by atoms with Crippen molar-refractivity contribution in [2.75, 3.05) is 0 Å². The minimum absolute atomic E-state index is 0.0511.